The number of thioether (sulfide) groups is 1. The van der Waals surface area contributed by atoms with Crippen molar-refractivity contribution in [2.75, 3.05) is 10.8 Å². The molecule has 0 aromatic carbocycles. The molecule has 0 N–H and O–H groups in total. The van der Waals surface area contributed by atoms with E-state index in [2.05, 4.69) is 25.8 Å². The van der Waals surface area contributed by atoms with Crippen LogP contribution >= 0.6 is 39.3 Å². The molecule has 5 heteroatoms. The molecule has 0 spiro atoms. The molecule has 0 saturated heterocycles. The molecular weight excluding hydrogens is 272 g/mol. The zero-order valence-corrected chi connectivity index (χ0v) is 9.73. The Morgan fingerprint density at radius 1 is 1.54 bits per heavy atom. The van der Waals surface area contributed by atoms with Crippen molar-refractivity contribution < 1.29 is 0 Å². The largest absolute Gasteiger partial charge is 0.310 e. The van der Waals surface area contributed by atoms with E-state index in [1.54, 1.807) is 17.8 Å². The van der Waals surface area contributed by atoms with Gasteiger partial charge in [0.25, 0.3) is 0 Å². The number of anilines is 1. The SMILES string of the molecule is Clc1cccc(N2CSC=C2Br)n1. The molecule has 2 nitrogen and oxygen atoms in total. The molecule has 1 aliphatic rings. The molecule has 0 atom stereocenters. The van der Waals surface area contributed by atoms with Gasteiger partial charge >= 0.3 is 0 Å². The standard InChI is InChI=1S/C8H6BrClN2S/c9-6-4-13-5-12(6)8-3-1-2-7(10)11-8/h1-4H,5H2. The fraction of sp³-hybridized carbons (Fsp3) is 0.125. The number of pyridine rings is 1. The maximum atomic E-state index is 5.79. The first-order valence-electron chi connectivity index (χ1n) is 3.65. The maximum Gasteiger partial charge on any atom is 0.135 e. The van der Waals surface area contributed by atoms with E-state index in [4.69, 9.17) is 11.6 Å². The summed E-state index contributed by atoms with van der Waals surface area (Å²) in [6, 6.07) is 5.60. The quantitative estimate of drug-likeness (QED) is 0.578. The average Bonchev–Trinajstić information content (AvgIpc) is 2.51. The van der Waals surface area contributed by atoms with Crippen LogP contribution in [0.2, 0.25) is 5.15 Å². The highest BCUT2D eigenvalue weighted by Gasteiger charge is 2.15. The second-order valence-electron chi connectivity index (χ2n) is 2.48. The van der Waals surface area contributed by atoms with Gasteiger partial charge < -0.3 is 4.90 Å². The number of hydrogen-bond acceptors (Lipinski definition) is 3. The number of nitrogens with zero attached hydrogens (tertiary/aromatic N) is 2. The minimum Gasteiger partial charge on any atom is -0.310 e. The third-order valence-corrected chi connectivity index (χ3v) is 3.59. The van der Waals surface area contributed by atoms with Gasteiger partial charge in [-0.2, -0.15) is 0 Å². The average molecular weight is 278 g/mol. The third kappa shape index (κ3) is 2.00. The summed E-state index contributed by atoms with van der Waals surface area (Å²) in [5, 5.41) is 2.57. The highest BCUT2D eigenvalue weighted by Crippen LogP contribution is 2.31. The summed E-state index contributed by atoms with van der Waals surface area (Å²) in [5.41, 5.74) is 0. The zero-order chi connectivity index (χ0) is 9.26. The van der Waals surface area contributed by atoms with E-state index in [0.29, 0.717) is 5.15 Å². The molecule has 0 bridgehead atoms. The first-order valence-corrected chi connectivity index (χ1v) is 5.87. The molecule has 0 saturated carbocycles. The second kappa shape index (κ2) is 3.90. The van der Waals surface area contributed by atoms with E-state index in [9.17, 15) is 0 Å². The topological polar surface area (TPSA) is 16.1 Å². The van der Waals surface area contributed by atoms with Crippen molar-refractivity contribution in [3.05, 3.63) is 33.4 Å². The van der Waals surface area contributed by atoms with Crippen LogP contribution in [0.5, 0.6) is 0 Å². The molecule has 1 aromatic heterocycles. The van der Waals surface area contributed by atoms with E-state index in [1.807, 2.05) is 17.5 Å². The van der Waals surface area contributed by atoms with Crippen LogP contribution in [-0.2, 0) is 0 Å². The Hall–Kier alpha value is -0.190. The molecule has 1 aromatic rings. The lowest BCUT2D eigenvalue weighted by atomic mass is 10.4. The Labute approximate surface area is 94.1 Å². The van der Waals surface area contributed by atoms with Crippen LogP contribution in [0, 0.1) is 0 Å². The second-order valence-corrected chi connectivity index (χ2v) is 4.51. The van der Waals surface area contributed by atoms with Crippen molar-refractivity contribution in [3.63, 3.8) is 0 Å². The lowest BCUT2D eigenvalue weighted by molar-refractivity contribution is 1.10. The van der Waals surface area contributed by atoms with Crippen molar-refractivity contribution in [3.8, 4) is 0 Å². The minimum absolute atomic E-state index is 0.523. The predicted molar refractivity (Wildman–Crippen MR) is 61.2 cm³/mol. The van der Waals surface area contributed by atoms with Crippen LogP contribution < -0.4 is 4.90 Å². The summed E-state index contributed by atoms with van der Waals surface area (Å²) in [6.45, 7) is 0. The molecule has 0 fully saturated rings. The minimum atomic E-state index is 0.523. The van der Waals surface area contributed by atoms with Gasteiger partial charge in [-0.25, -0.2) is 4.98 Å². The molecular formula is C8H6BrClN2S. The van der Waals surface area contributed by atoms with Gasteiger partial charge in [0.05, 0.1) is 10.5 Å². The van der Waals surface area contributed by atoms with E-state index in [0.717, 1.165) is 16.3 Å². The maximum absolute atomic E-state index is 5.79. The number of hydrogen-bond donors (Lipinski definition) is 0. The van der Waals surface area contributed by atoms with Crippen LogP contribution in [0.15, 0.2) is 28.2 Å². The van der Waals surface area contributed by atoms with Gasteiger partial charge in [-0.3, -0.25) is 0 Å². The molecule has 2 rings (SSSR count). The van der Waals surface area contributed by atoms with Crippen molar-refractivity contribution >= 4 is 45.1 Å². The third-order valence-electron chi connectivity index (χ3n) is 1.62. The Morgan fingerprint density at radius 2 is 2.38 bits per heavy atom. The van der Waals surface area contributed by atoms with Gasteiger partial charge in [0, 0.05) is 5.41 Å². The van der Waals surface area contributed by atoms with Crippen LogP contribution in [0.1, 0.15) is 0 Å². The number of halogens is 2. The first kappa shape index (κ1) is 9.37. The van der Waals surface area contributed by atoms with Crippen LogP contribution in [0.3, 0.4) is 0 Å². The number of rotatable bonds is 1. The van der Waals surface area contributed by atoms with Crippen molar-refractivity contribution in [2.24, 2.45) is 0 Å². The fourth-order valence-electron chi connectivity index (χ4n) is 1.03. The zero-order valence-electron chi connectivity index (χ0n) is 6.58. The Bertz CT molecular complexity index is 356. The van der Waals surface area contributed by atoms with E-state index in [1.165, 1.54) is 0 Å². The fourth-order valence-corrected chi connectivity index (χ4v) is 2.82. The van der Waals surface area contributed by atoms with Gasteiger partial charge in [-0.05, 0) is 28.1 Å². The first-order chi connectivity index (χ1) is 6.27. The van der Waals surface area contributed by atoms with E-state index >= 15 is 0 Å². The summed E-state index contributed by atoms with van der Waals surface area (Å²) in [7, 11) is 0. The predicted octanol–water partition coefficient (Wildman–Crippen LogP) is 3.44. The van der Waals surface area contributed by atoms with E-state index < -0.39 is 0 Å². The molecule has 68 valence electrons. The molecule has 0 amide bonds. The summed E-state index contributed by atoms with van der Waals surface area (Å²) in [5.74, 6) is 1.76. The Morgan fingerprint density at radius 3 is 3.00 bits per heavy atom. The van der Waals surface area contributed by atoms with Gasteiger partial charge in [0.15, 0.2) is 0 Å². The summed E-state index contributed by atoms with van der Waals surface area (Å²) in [6.07, 6.45) is 0. The molecule has 13 heavy (non-hydrogen) atoms. The highest BCUT2D eigenvalue weighted by atomic mass is 79.9. The lowest BCUT2D eigenvalue weighted by Gasteiger charge is -2.16. The van der Waals surface area contributed by atoms with Gasteiger partial charge in [-0.15, -0.1) is 11.8 Å². The Kier molecular flexibility index (Phi) is 2.81. The van der Waals surface area contributed by atoms with E-state index in [-0.39, 0.29) is 0 Å². The van der Waals surface area contributed by atoms with Crippen LogP contribution in [0.4, 0.5) is 5.82 Å². The van der Waals surface area contributed by atoms with Crippen LogP contribution in [0.25, 0.3) is 0 Å². The van der Waals surface area contributed by atoms with Gasteiger partial charge in [0.2, 0.25) is 0 Å². The van der Waals surface area contributed by atoms with Crippen LogP contribution in [-0.4, -0.2) is 10.9 Å². The van der Waals surface area contributed by atoms with Gasteiger partial charge in [-0.1, -0.05) is 17.7 Å². The Balaban J connectivity index is 2.30. The highest BCUT2D eigenvalue weighted by molar-refractivity contribution is 9.12. The summed E-state index contributed by atoms with van der Waals surface area (Å²) < 4.78 is 1.03. The molecule has 0 radical (unpaired) electrons. The molecule has 0 aliphatic carbocycles. The van der Waals surface area contributed by atoms with Crippen molar-refractivity contribution in [2.45, 2.75) is 0 Å². The number of aromatic nitrogens is 1. The smallest absolute Gasteiger partial charge is 0.135 e. The van der Waals surface area contributed by atoms with Crippen molar-refractivity contribution in [1.82, 2.24) is 4.98 Å². The molecule has 0 unspecified atom stereocenters. The van der Waals surface area contributed by atoms with Gasteiger partial charge in [0.1, 0.15) is 11.0 Å². The summed E-state index contributed by atoms with van der Waals surface area (Å²) in [4.78, 5) is 6.26. The molecule has 1 aliphatic heterocycles. The monoisotopic (exact) mass is 276 g/mol. The molecule has 2 heterocycles. The van der Waals surface area contributed by atoms with Crippen molar-refractivity contribution in [1.29, 1.82) is 0 Å². The lowest BCUT2D eigenvalue weighted by Crippen LogP contribution is -2.15. The summed E-state index contributed by atoms with van der Waals surface area (Å²) >= 11 is 11.0. The normalized spacial score (nSPS) is 16.2.